The topological polar surface area (TPSA) is 108 Å². The van der Waals surface area contributed by atoms with Gasteiger partial charge >= 0.3 is 5.69 Å². The Labute approximate surface area is 168 Å². The van der Waals surface area contributed by atoms with Gasteiger partial charge in [0.15, 0.2) is 0 Å². The van der Waals surface area contributed by atoms with E-state index in [-0.39, 0.29) is 12.3 Å². The minimum atomic E-state index is -0.335. The molecule has 0 saturated carbocycles. The zero-order chi connectivity index (χ0) is 21.4. The van der Waals surface area contributed by atoms with Crippen molar-refractivity contribution in [3.8, 4) is 5.69 Å². The molecule has 0 aliphatic carbocycles. The van der Waals surface area contributed by atoms with Crippen LogP contribution in [-0.4, -0.2) is 37.1 Å². The van der Waals surface area contributed by atoms with E-state index < -0.39 is 0 Å². The normalized spacial score (nSPS) is 12.8. The average molecular weight is 399 g/mol. The number of ether oxygens (including phenoxy) is 1. The summed E-state index contributed by atoms with van der Waals surface area (Å²) < 4.78 is 8.28. The van der Waals surface area contributed by atoms with Gasteiger partial charge in [-0.2, -0.15) is 14.5 Å². The van der Waals surface area contributed by atoms with Crippen molar-refractivity contribution in [2.45, 2.75) is 40.7 Å². The first-order valence-electron chi connectivity index (χ1n) is 9.02. The van der Waals surface area contributed by atoms with Crippen molar-refractivity contribution in [3.63, 3.8) is 0 Å². The molecule has 0 bridgehead atoms. The summed E-state index contributed by atoms with van der Waals surface area (Å²) in [5.74, 6) is 0.447. The highest BCUT2D eigenvalue weighted by atomic mass is 16.6. The van der Waals surface area contributed by atoms with Gasteiger partial charge in [-0.25, -0.2) is 4.79 Å². The Hall–Kier alpha value is -3.56. The van der Waals surface area contributed by atoms with Crippen LogP contribution < -0.4 is 5.69 Å². The molecule has 2 rings (SSSR count). The summed E-state index contributed by atoms with van der Waals surface area (Å²) in [6.45, 7) is 11.0. The summed E-state index contributed by atoms with van der Waals surface area (Å²) in [6.07, 6.45) is 1.77. The molecule has 2 aromatic rings. The van der Waals surface area contributed by atoms with Crippen LogP contribution in [-0.2, 0) is 23.2 Å². The molecular weight excluding hydrogens is 374 g/mol. The van der Waals surface area contributed by atoms with E-state index in [1.807, 2.05) is 26.0 Å². The highest BCUT2D eigenvalue weighted by Gasteiger charge is 2.14. The molecule has 0 radical (unpaired) electrons. The first kappa shape index (κ1) is 21.7. The van der Waals surface area contributed by atoms with Crippen LogP contribution in [0, 0.1) is 6.92 Å². The summed E-state index contributed by atoms with van der Waals surface area (Å²) in [4.78, 5) is 17.0. The van der Waals surface area contributed by atoms with Crippen LogP contribution in [0.3, 0.4) is 0 Å². The summed E-state index contributed by atoms with van der Waals surface area (Å²) >= 11 is 0. The zero-order valence-corrected chi connectivity index (χ0v) is 17.3. The van der Waals surface area contributed by atoms with E-state index in [0.29, 0.717) is 29.4 Å². The average Bonchev–Trinajstić information content (AvgIpc) is 3.05. The molecule has 0 amide bonds. The zero-order valence-electron chi connectivity index (χ0n) is 17.3. The van der Waals surface area contributed by atoms with Gasteiger partial charge < -0.3 is 9.57 Å². The lowest BCUT2D eigenvalue weighted by atomic mass is 10.1. The maximum atomic E-state index is 12.2. The van der Waals surface area contributed by atoms with Crippen LogP contribution in [0.5, 0.6) is 0 Å². The molecule has 1 aromatic heterocycles. The maximum Gasteiger partial charge on any atom is 0.368 e. The second kappa shape index (κ2) is 10.1. The maximum absolute atomic E-state index is 12.2. The Balaban J connectivity index is 2.25. The van der Waals surface area contributed by atoms with E-state index in [2.05, 4.69) is 32.4 Å². The fourth-order valence-corrected chi connectivity index (χ4v) is 2.28. The third-order valence-corrected chi connectivity index (χ3v) is 4.12. The fourth-order valence-electron chi connectivity index (χ4n) is 2.28. The summed E-state index contributed by atoms with van der Waals surface area (Å²) in [7, 11) is 1.55. The Morgan fingerprint density at radius 1 is 1.24 bits per heavy atom. The number of benzene rings is 1. The van der Waals surface area contributed by atoms with Gasteiger partial charge in [0.1, 0.15) is 18.6 Å². The first-order chi connectivity index (χ1) is 13.9. The number of aryl methyl sites for hydroxylation is 2. The van der Waals surface area contributed by atoms with Gasteiger partial charge in [0, 0.05) is 19.0 Å². The highest BCUT2D eigenvalue weighted by molar-refractivity contribution is 6.40. The van der Waals surface area contributed by atoms with Crippen molar-refractivity contribution in [3.05, 3.63) is 52.7 Å². The third kappa shape index (κ3) is 5.47. The quantitative estimate of drug-likeness (QED) is 0.293. The highest BCUT2D eigenvalue weighted by Crippen LogP contribution is 2.18. The predicted molar refractivity (Wildman–Crippen MR) is 111 cm³/mol. The standard InChI is InChI=1S/C19H25N7O3/c1-7-18(21-20-14(4)15(5)22-29-8-2)28-12-16-13(3)10-9-11-17(16)26-19(27)25(6)23-24-26/h8-11H,2,7,12H2,1,3-6H3/b20-14+,21-18+,22-15+. The lowest BCUT2D eigenvalue weighted by molar-refractivity contribution is 0.270. The van der Waals surface area contributed by atoms with Gasteiger partial charge in [0.25, 0.3) is 0 Å². The van der Waals surface area contributed by atoms with Crippen LogP contribution in [0.4, 0.5) is 0 Å². The van der Waals surface area contributed by atoms with Crippen molar-refractivity contribution in [1.82, 2.24) is 19.8 Å². The Morgan fingerprint density at radius 2 is 2.00 bits per heavy atom. The Kier molecular flexibility index (Phi) is 7.58. The lowest BCUT2D eigenvalue weighted by Crippen LogP contribution is -2.23. The molecule has 29 heavy (non-hydrogen) atoms. The fraction of sp³-hybridized carbons (Fsp3) is 0.368. The van der Waals surface area contributed by atoms with Crippen molar-refractivity contribution >= 4 is 17.3 Å². The molecular formula is C19H25N7O3. The van der Waals surface area contributed by atoms with E-state index in [9.17, 15) is 4.79 Å². The van der Waals surface area contributed by atoms with Crippen molar-refractivity contribution in [2.75, 3.05) is 0 Å². The number of nitrogens with zero attached hydrogens (tertiary/aromatic N) is 7. The van der Waals surface area contributed by atoms with Crippen LogP contribution in [0.15, 0.2) is 51.2 Å². The van der Waals surface area contributed by atoms with Crippen molar-refractivity contribution < 1.29 is 9.57 Å². The molecule has 0 aliphatic rings. The van der Waals surface area contributed by atoms with Gasteiger partial charge in [-0.3, -0.25) is 0 Å². The summed E-state index contributed by atoms with van der Waals surface area (Å²) in [5.41, 5.74) is 3.21. The SMILES string of the molecule is C=CO/N=C(C)/C(C)=N/N=C(\CC)OCc1c(C)cccc1-n1nnn(C)c1=O. The van der Waals surface area contributed by atoms with E-state index in [1.165, 1.54) is 15.6 Å². The van der Waals surface area contributed by atoms with Gasteiger partial charge in [-0.1, -0.05) is 30.8 Å². The van der Waals surface area contributed by atoms with Crippen LogP contribution >= 0.6 is 0 Å². The largest absolute Gasteiger partial charge is 0.475 e. The van der Waals surface area contributed by atoms with Gasteiger partial charge in [0.05, 0.1) is 11.4 Å². The molecule has 0 N–H and O–H groups in total. The molecule has 1 aromatic carbocycles. The molecule has 0 saturated heterocycles. The lowest BCUT2D eigenvalue weighted by Gasteiger charge is -2.13. The van der Waals surface area contributed by atoms with E-state index in [0.717, 1.165) is 11.1 Å². The van der Waals surface area contributed by atoms with Crippen molar-refractivity contribution in [1.29, 1.82) is 0 Å². The number of hydrogen-bond acceptors (Lipinski definition) is 8. The summed E-state index contributed by atoms with van der Waals surface area (Å²) in [5, 5.41) is 19.8. The van der Waals surface area contributed by atoms with Gasteiger partial charge in [-0.15, -0.1) is 5.10 Å². The molecule has 0 atom stereocenters. The second-order valence-corrected chi connectivity index (χ2v) is 6.14. The molecule has 0 fully saturated rings. The van der Waals surface area contributed by atoms with Crippen LogP contribution in [0.25, 0.3) is 5.69 Å². The number of aromatic nitrogens is 4. The van der Waals surface area contributed by atoms with E-state index in [4.69, 9.17) is 9.57 Å². The van der Waals surface area contributed by atoms with Crippen LogP contribution in [0.2, 0.25) is 0 Å². The molecule has 1 heterocycles. The first-order valence-corrected chi connectivity index (χ1v) is 9.02. The molecule has 0 spiro atoms. The van der Waals surface area contributed by atoms with Crippen LogP contribution in [0.1, 0.15) is 38.3 Å². The van der Waals surface area contributed by atoms with Gasteiger partial charge in [-0.05, 0) is 42.8 Å². The molecule has 10 heteroatoms. The number of oxime groups is 1. The minimum Gasteiger partial charge on any atom is -0.475 e. The second-order valence-electron chi connectivity index (χ2n) is 6.14. The minimum absolute atomic E-state index is 0.207. The molecule has 0 aliphatic heterocycles. The Bertz CT molecular complexity index is 1020. The van der Waals surface area contributed by atoms with E-state index >= 15 is 0 Å². The van der Waals surface area contributed by atoms with Gasteiger partial charge in [0.2, 0.25) is 5.90 Å². The van der Waals surface area contributed by atoms with Crippen molar-refractivity contribution in [2.24, 2.45) is 22.4 Å². The summed E-state index contributed by atoms with van der Waals surface area (Å²) in [6, 6.07) is 5.59. The predicted octanol–water partition coefficient (Wildman–Crippen LogP) is 2.51. The third-order valence-electron chi connectivity index (χ3n) is 4.12. The Morgan fingerprint density at radius 3 is 2.62 bits per heavy atom. The molecule has 0 unspecified atom stereocenters. The van der Waals surface area contributed by atoms with E-state index in [1.54, 1.807) is 27.0 Å². The number of hydrogen-bond donors (Lipinski definition) is 0. The molecule has 10 nitrogen and oxygen atoms in total. The monoisotopic (exact) mass is 399 g/mol. The molecule has 154 valence electrons. The number of tetrazole rings is 1. The smallest absolute Gasteiger partial charge is 0.368 e. The number of rotatable bonds is 8.